The largest absolute Gasteiger partial charge is 0.493 e. The quantitative estimate of drug-likeness (QED) is 0.700. The summed E-state index contributed by atoms with van der Waals surface area (Å²) >= 11 is 0. The van der Waals surface area contributed by atoms with Crippen molar-refractivity contribution in [1.29, 1.82) is 0 Å². The molecule has 0 fully saturated rings. The Kier molecular flexibility index (Phi) is 5.87. The lowest BCUT2D eigenvalue weighted by atomic mass is 9.96. The van der Waals surface area contributed by atoms with E-state index in [9.17, 15) is 4.79 Å². The van der Waals surface area contributed by atoms with Crippen LogP contribution in [0.1, 0.15) is 55.6 Å². The van der Waals surface area contributed by atoms with E-state index in [2.05, 4.69) is 6.92 Å². The second-order valence-corrected chi connectivity index (χ2v) is 4.53. The second-order valence-electron chi connectivity index (χ2n) is 4.53. The van der Waals surface area contributed by atoms with Gasteiger partial charge in [0.2, 0.25) is 0 Å². The van der Waals surface area contributed by atoms with Gasteiger partial charge in [0.15, 0.2) is 5.78 Å². The minimum absolute atomic E-state index is 0.0605. The van der Waals surface area contributed by atoms with Crippen LogP contribution in [0.15, 0.2) is 6.07 Å². The molecular weight excluding hydrogens is 240 g/mol. The minimum Gasteiger partial charge on any atom is -0.493 e. The third-order valence-corrected chi connectivity index (χ3v) is 3.05. The molecule has 0 N–H and O–H groups in total. The van der Waals surface area contributed by atoms with Crippen molar-refractivity contribution in [1.82, 2.24) is 0 Å². The molecule has 0 amide bonds. The highest BCUT2D eigenvalue weighted by molar-refractivity contribution is 5.97. The van der Waals surface area contributed by atoms with Crippen molar-refractivity contribution in [2.24, 2.45) is 0 Å². The second kappa shape index (κ2) is 7.17. The number of rotatable bonds is 7. The Bertz CT molecular complexity index is 450. The average molecular weight is 264 g/mol. The Labute approximate surface area is 115 Å². The molecule has 3 heteroatoms. The number of Topliss-reactive ketones (excluding diaryl/α,β-unsaturated/α-hetero) is 1. The SMILES string of the molecule is CCCc1c(C(C)=O)cc(OCC)c(C)c1OCC. The molecule has 0 heterocycles. The minimum atomic E-state index is 0.0605. The van der Waals surface area contributed by atoms with Gasteiger partial charge in [-0.3, -0.25) is 4.79 Å². The van der Waals surface area contributed by atoms with E-state index in [1.165, 1.54) is 0 Å². The van der Waals surface area contributed by atoms with Gasteiger partial charge in [-0.15, -0.1) is 0 Å². The van der Waals surface area contributed by atoms with Crippen LogP contribution in [-0.4, -0.2) is 19.0 Å². The van der Waals surface area contributed by atoms with E-state index in [4.69, 9.17) is 9.47 Å². The van der Waals surface area contributed by atoms with Gasteiger partial charge in [0.05, 0.1) is 13.2 Å². The fraction of sp³-hybridized carbons (Fsp3) is 0.562. The van der Waals surface area contributed by atoms with Crippen molar-refractivity contribution in [2.75, 3.05) is 13.2 Å². The zero-order valence-corrected chi connectivity index (χ0v) is 12.6. The smallest absolute Gasteiger partial charge is 0.160 e. The average Bonchev–Trinajstić information content (AvgIpc) is 2.37. The molecule has 0 aliphatic heterocycles. The number of carbonyl (C=O) groups is 1. The fourth-order valence-corrected chi connectivity index (χ4v) is 2.24. The summed E-state index contributed by atoms with van der Waals surface area (Å²) < 4.78 is 11.4. The van der Waals surface area contributed by atoms with Gasteiger partial charge in [0.25, 0.3) is 0 Å². The fourth-order valence-electron chi connectivity index (χ4n) is 2.24. The van der Waals surface area contributed by atoms with E-state index in [1.54, 1.807) is 6.92 Å². The van der Waals surface area contributed by atoms with Crippen LogP contribution in [0.3, 0.4) is 0 Å². The van der Waals surface area contributed by atoms with Crippen LogP contribution in [0.4, 0.5) is 0 Å². The van der Waals surface area contributed by atoms with Crippen LogP contribution in [0.5, 0.6) is 11.5 Å². The van der Waals surface area contributed by atoms with E-state index < -0.39 is 0 Å². The molecule has 0 saturated carbocycles. The van der Waals surface area contributed by atoms with Crippen molar-refractivity contribution in [3.63, 3.8) is 0 Å². The summed E-state index contributed by atoms with van der Waals surface area (Å²) in [7, 11) is 0. The summed E-state index contributed by atoms with van der Waals surface area (Å²) in [5.41, 5.74) is 2.72. The Morgan fingerprint density at radius 3 is 2.26 bits per heavy atom. The van der Waals surface area contributed by atoms with Gasteiger partial charge < -0.3 is 9.47 Å². The lowest BCUT2D eigenvalue weighted by Crippen LogP contribution is -2.08. The lowest BCUT2D eigenvalue weighted by molar-refractivity contribution is 0.101. The highest BCUT2D eigenvalue weighted by Crippen LogP contribution is 2.36. The normalized spacial score (nSPS) is 10.4. The van der Waals surface area contributed by atoms with Gasteiger partial charge in [-0.2, -0.15) is 0 Å². The molecule has 106 valence electrons. The summed E-state index contributed by atoms with van der Waals surface area (Å²) in [6.07, 6.45) is 1.82. The standard InChI is InChI=1S/C16H24O3/c1-6-9-13-14(12(5)17)10-15(18-7-2)11(4)16(13)19-8-3/h10H,6-9H2,1-5H3. The maximum atomic E-state index is 11.9. The van der Waals surface area contributed by atoms with Crippen LogP contribution < -0.4 is 9.47 Å². The Hall–Kier alpha value is -1.51. The van der Waals surface area contributed by atoms with Gasteiger partial charge in [0, 0.05) is 16.7 Å². The van der Waals surface area contributed by atoms with E-state index >= 15 is 0 Å². The van der Waals surface area contributed by atoms with E-state index in [0.29, 0.717) is 13.2 Å². The Balaban J connectivity index is 3.47. The molecule has 0 aromatic heterocycles. The van der Waals surface area contributed by atoms with Gasteiger partial charge in [0.1, 0.15) is 11.5 Å². The van der Waals surface area contributed by atoms with E-state index in [0.717, 1.165) is 41.0 Å². The van der Waals surface area contributed by atoms with Gasteiger partial charge >= 0.3 is 0 Å². The summed E-state index contributed by atoms with van der Waals surface area (Å²) in [6, 6.07) is 1.86. The summed E-state index contributed by atoms with van der Waals surface area (Å²) in [6.45, 7) is 10.7. The predicted molar refractivity (Wildman–Crippen MR) is 77.5 cm³/mol. The molecule has 0 atom stereocenters. The molecule has 1 aromatic carbocycles. The highest BCUT2D eigenvalue weighted by Gasteiger charge is 2.19. The molecular formula is C16H24O3. The molecule has 0 aliphatic carbocycles. The van der Waals surface area contributed by atoms with Gasteiger partial charge in [-0.1, -0.05) is 13.3 Å². The number of hydrogen-bond donors (Lipinski definition) is 0. The zero-order valence-electron chi connectivity index (χ0n) is 12.6. The van der Waals surface area contributed by atoms with Crippen LogP contribution >= 0.6 is 0 Å². The maximum Gasteiger partial charge on any atom is 0.160 e. The molecule has 0 aliphatic rings. The van der Waals surface area contributed by atoms with Crippen molar-refractivity contribution >= 4 is 5.78 Å². The van der Waals surface area contributed by atoms with Crippen molar-refractivity contribution in [2.45, 2.75) is 47.5 Å². The molecule has 1 aromatic rings. The van der Waals surface area contributed by atoms with Crippen molar-refractivity contribution in [3.8, 4) is 11.5 Å². The number of ketones is 1. The van der Waals surface area contributed by atoms with Gasteiger partial charge in [-0.05, 0) is 40.2 Å². The lowest BCUT2D eigenvalue weighted by Gasteiger charge is -2.19. The molecule has 0 saturated heterocycles. The molecule has 0 spiro atoms. The number of carbonyl (C=O) groups excluding carboxylic acids is 1. The molecule has 19 heavy (non-hydrogen) atoms. The van der Waals surface area contributed by atoms with Crippen LogP contribution in [0.25, 0.3) is 0 Å². The summed E-state index contributed by atoms with van der Waals surface area (Å²) in [4.78, 5) is 11.9. The third-order valence-electron chi connectivity index (χ3n) is 3.05. The highest BCUT2D eigenvalue weighted by atomic mass is 16.5. The Morgan fingerprint density at radius 2 is 1.79 bits per heavy atom. The van der Waals surface area contributed by atoms with Gasteiger partial charge in [-0.25, -0.2) is 0 Å². The van der Waals surface area contributed by atoms with E-state index in [-0.39, 0.29) is 5.78 Å². The predicted octanol–water partition coefficient (Wildman–Crippen LogP) is 3.95. The van der Waals surface area contributed by atoms with Crippen molar-refractivity contribution < 1.29 is 14.3 Å². The van der Waals surface area contributed by atoms with Crippen LogP contribution in [-0.2, 0) is 6.42 Å². The molecule has 1 rings (SSSR count). The molecule has 0 radical (unpaired) electrons. The first-order valence-corrected chi connectivity index (χ1v) is 6.99. The number of benzene rings is 1. The molecule has 3 nitrogen and oxygen atoms in total. The maximum absolute atomic E-state index is 11.9. The van der Waals surface area contributed by atoms with Crippen molar-refractivity contribution in [3.05, 3.63) is 22.8 Å². The molecule has 0 unspecified atom stereocenters. The van der Waals surface area contributed by atoms with E-state index in [1.807, 2.05) is 26.8 Å². The number of ether oxygens (including phenoxy) is 2. The first kappa shape index (κ1) is 15.5. The topological polar surface area (TPSA) is 35.5 Å². The molecule has 0 bridgehead atoms. The Morgan fingerprint density at radius 1 is 1.16 bits per heavy atom. The number of hydrogen-bond acceptors (Lipinski definition) is 3. The first-order valence-electron chi connectivity index (χ1n) is 6.99. The van der Waals surface area contributed by atoms with Crippen LogP contribution in [0.2, 0.25) is 0 Å². The first-order chi connectivity index (χ1) is 9.06. The monoisotopic (exact) mass is 264 g/mol. The summed E-state index contributed by atoms with van der Waals surface area (Å²) in [5, 5.41) is 0. The zero-order chi connectivity index (χ0) is 14.4. The van der Waals surface area contributed by atoms with Crippen LogP contribution in [0, 0.1) is 6.92 Å². The third kappa shape index (κ3) is 3.49. The summed E-state index contributed by atoms with van der Waals surface area (Å²) in [5.74, 6) is 1.63.